The molecule has 3 aromatic carbocycles. The van der Waals surface area contributed by atoms with Crippen molar-refractivity contribution in [1.82, 2.24) is 4.90 Å². The molecule has 3 aliphatic heterocycles. The lowest BCUT2D eigenvalue weighted by Crippen LogP contribution is -2.58. The van der Waals surface area contributed by atoms with E-state index in [-0.39, 0.29) is 23.5 Å². The van der Waals surface area contributed by atoms with Gasteiger partial charge in [0.2, 0.25) is 0 Å². The van der Waals surface area contributed by atoms with Gasteiger partial charge >= 0.3 is 0 Å². The SMILES string of the molecule is COc1ccccc1N1CCN(C[C@]23Oc4cc(C)c(O)cc4[C@@H](C)[C@H]2Oc2cc(C)c(O)cc23)CC1. The summed E-state index contributed by atoms with van der Waals surface area (Å²) in [6, 6.07) is 15.6. The van der Waals surface area contributed by atoms with Gasteiger partial charge in [-0.1, -0.05) is 19.1 Å². The Kier molecular flexibility index (Phi) is 5.64. The van der Waals surface area contributed by atoms with Crippen molar-refractivity contribution < 1.29 is 24.4 Å². The topological polar surface area (TPSA) is 74.6 Å². The molecule has 0 aliphatic carbocycles. The van der Waals surface area contributed by atoms with Gasteiger partial charge in [0.1, 0.15) is 28.7 Å². The number of piperazine rings is 1. The first kappa shape index (κ1) is 23.8. The van der Waals surface area contributed by atoms with E-state index in [1.807, 2.05) is 50.2 Å². The average Bonchev–Trinajstić information content (AvgIpc) is 3.19. The molecule has 0 radical (unpaired) electrons. The summed E-state index contributed by atoms with van der Waals surface area (Å²) in [4.78, 5) is 4.80. The second-order valence-electron chi connectivity index (χ2n) is 10.6. The summed E-state index contributed by atoms with van der Waals surface area (Å²) in [7, 11) is 1.71. The molecule has 0 amide bonds. The summed E-state index contributed by atoms with van der Waals surface area (Å²) >= 11 is 0. The van der Waals surface area contributed by atoms with E-state index in [0.717, 1.165) is 71.4 Å². The number of hydrogen-bond donors (Lipinski definition) is 2. The van der Waals surface area contributed by atoms with Crippen LogP contribution in [0.3, 0.4) is 0 Å². The van der Waals surface area contributed by atoms with E-state index in [0.29, 0.717) is 6.54 Å². The Morgan fingerprint density at radius 3 is 2.35 bits per heavy atom. The number of ether oxygens (including phenoxy) is 3. The van der Waals surface area contributed by atoms with Crippen LogP contribution in [0.1, 0.15) is 35.1 Å². The minimum Gasteiger partial charge on any atom is -0.508 e. The van der Waals surface area contributed by atoms with Gasteiger partial charge in [0, 0.05) is 49.8 Å². The normalized spacial score (nSPS) is 24.5. The van der Waals surface area contributed by atoms with E-state index < -0.39 is 5.60 Å². The van der Waals surface area contributed by atoms with Gasteiger partial charge in [-0.3, -0.25) is 4.90 Å². The van der Waals surface area contributed by atoms with Crippen LogP contribution in [0, 0.1) is 13.8 Å². The first-order valence-electron chi connectivity index (χ1n) is 12.9. The number of rotatable bonds is 4. The highest BCUT2D eigenvalue weighted by atomic mass is 16.6. The molecule has 37 heavy (non-hydrogen) atoms. The lowest BCUT2D eigenvalue weighted by atomic mass is 9.77. The second-order valence-corrected chi connectivity index (χ2v) is 10.6. The van der Waals surface area contributed by atoms with Gasteiger partial charge in [0.25, 0.3) is 0 Å². The summed E-state index contributed by atoms with van der Waals surface area (Å²) in [5.74, 6) is 2.90. The number of benzene rings is 3. The molecule has 3 aliphatic rings. The highest BCUT2D eigenvalue weighted by Gasteiger charge is 2.58. The molecule has 3 atom stereocenters. The Morgan fingerprint density at radius 1 is 0.946 bits per heavy atom. The molecule has 6 rings (SSSR count). The molecule has 0 aromatic heterocycles. The Bertz CT molecular complexity index is 1350. The molecule has 1 fully saturated rings. The summed E-state index contributed by atoms with van der Waals surface area (Å²) in [5.41, 5.74) is 3.72. The predicted octanol–water partition coefficient (Wildman–Crippen LogP) is 4.70. The molecule has 3 aromatic rings. The zero-order valence-electron chi connectivity index (χ0n) is 21.8. The minimum atomic E-state index is -0.775. The van der Waals surface area contributed by atoms with Crippen molar-refractivity contribution in [2.75, 3.05) is 44.7 Å². The number of fused-ring (bicyclic) bond motifs is 4. The molecule has 0 bridgehead atoms. The van der Waals surface area contributed by atoms with Gasteiger partial charge in [0.15, 0.2) is 11.7 Å². The molecule has 0 unspecified atom stereocenters. The van der Waals surface area contributed by atoms with Crippen LogP contribution in [0.5, 0.6) is 28.7 Å². The molecule has 7 heteroatoms. The third kappa shape index (κ3) is 3.75. The van der Waals surface area contributed by atoms with E-state index in [2.05, 4.69) is 22.8 Å². The van der Waals surface area contributed by atoms with E-state index >= 15 is 0 Å². The molecule has 194 valence electrons. The number of methoxy groups -OCH3 is 1. The monoisotopic (exact) mass is 502 g/mol. The molecule has 2 N–H and O–H groups in total. The molecule has 7 nitrogen and oxygen atoms in total. The molecular formula is C30H34N2O5. The molecule has 3 heterocycles. The van der Waals surface area contributed by atoms with Gasteiger partial charge in [-0.25, -0.2) is 0 Å². The Morgan fingerprint density at radius 2 is 1.62 bits per heavy atom. The van der Waals surface area contributed by atoms with Crippen molar-refractivity contribution in [3.8, 4) is 28.7 Å². The van der Waals surface area contributed by atoms with Crippen LogP contribution in [-0.4, -0.2) is 61.1 Å². The minimum absolute atomic E-state index is 0.0139. The van der Waals surface area contributed by atoms with Crippen molar-refractivity contribution in [2.45, 2.75) is 38.4 Å². The quantitative estimate of drug-likeness (QED) is 0.536. The molecule has 0 saturated carbocycles. The third-order valence-electron chi connectivity index (χ3n) is 8.29. The Labute approximate surface area is 217 Å². The van der Waals surface area contributed by atoms with Crippen molar-refractivity contribution in [2.24, 2.45) is 0 Å². The number of aryl methyl sites for hydroxylation is 2. The number of para-hydroxylation sites is 2. The standard InChI is InChI=1S/C30H34N2O5/c1-18-13-27-21(15-24(18)33)20(3)29-30(37-27,22-16-25(34)19(2)14-28(22)36-29)17-31-9-11-32(12-10-31)23-7-5-6-8-26(23)35-4/h5-8,13-16,20,29,33-34H,9-12,17H2,1-4H3/t20-,29-,30-/m1/s1. The van der Waals surface area contributed by atoms with Crippen molar-refractivity contribution in [1.29, 1.82) is 0 Å². The second kappa shape index (κ2) is 8.77. The lowest BCUT2D eigenvalue weighted by Gasteiger charge is -2.46. The van der Waals surface area contributed by atoms with Crippen LogP contribution in [-0.2, 0) is 5.60 Å². The van der Waals surface area contributed by atoms with E-state index in [1.165, 1.54) is 0 Å². The maximum absolute atomic E-state index is 10.7. The van der Waals surface area contributed by atoms with Gasteiger partial charge in [-0.15, -0.1) is 0 Å². The fourth-order valence-corrected chi connectivity index (χ4v) is 6.17. The van der Waals surface area contributed by atoms with Crippen molar-refractivity contribution >= 4 is 5.69 Å². The number of hydrogen-bond acceptors (Lipinski definition) is 7. The van der Waals surface area contributed by atoms with Crippen LogP contribution >= 0.6 is 0 Å². The maximum atomic E-state index is 10.7. The van der Waals surface area contributed by atoms with Gasteiger partial charge in [-0.05, 0) is 61.4 Å². The van der Waals surface area contributed by atoms with Crippen LogP contribution in [0.25, 0.3) is 0 Å². The highest BCUT2D eigenvalue weighted by Crippen LogP contribution is 2.55. The largest absolute Gasteiger partial charge is 0.508 e. The Balaban J connectivity index is 1.34. The number of phenolic OH excluding ortho intramolecular Hbond substituents is 2. The van der Waals surface area contributed by atoms with Gasteiger partial charge in [0.05, 0.1) is 12.8 Å². The van der Waals surface area contributed by atoms with Crippen LogP contribution < -0.4 is 19.1 Å². The number of nitrogens with zero attached hydrogens (tertiary/aromatic N) is 2. The summed E-state index contributed by atoms with van der Waals surface area (Å²) in [5, 5.41) is 21.1. The zero-order chi connectivity index (χ0) is 25.9. The summed E-state index contributed by atoms with van der Waals surface area (Å²) in [6.07, 6.45) is -0.287. The number of aromatic hydroxyl groups is 2. The van der Waals surface area contributed by atoms with Crippen molar-refractivity contribution in [3.63, 3.8) is 0 Å². The highest BCUT2D eigenvalue weighted by molar-refractivity contribution is 5.59. The van der Waals surface area contributed by atoms with E-state index in [9.17, 15) is 10.2 Å². The third-order valence-corrected chi connectivity index (χ3v) is 8.29. The molecule has 1 saturated heterocycles. The van der Waals surface area contributed by atoms with E-state index in [1.54, 1.807) is 13.2 Å². The fraction of sp³-hybridized carbons (Fsp3) is 0.400. The first-order chi connectivity index (χ1) is 17.8. The van der Waals surface area contributed by atoms with Crippen molar-refractivity contribution in [3.05, 3.63) is 70.8 Å². The first-order valence-corrected chi connectivity index (χ1v) is 12.9. The number of phenols is 2. The summed E-state index contributed by atoms with van der Waals surface area (Å²) < 4.78 is 19.1. The van der Waals surface area contributed by atoms with Crippen LogP contribution in [0.15, 0.2) is 48.5 Å². The predicted molar refractivity (Wildman–Crippen MR) is 142 cm³/mol. The van der Waals surface area contributed by atoms with E-state index in [4.69, 9.17) is 14.2 Å². The lowest BCUT2D eigenvalue weighted by molar-refractivity contribution is -0.0657. The van der Waals surface area contributed by atoms with Crippen LogP contribution in [0.2, 0.25) is 0 Å². The Hall–Kier alpha value is -3.58. The van der Waals surface area contributed by atoms with Gasteiger partial charge in [-0.2, -0.15) is 0 Å². The zero-order valence-corrected chi connectivity index (χ0v) is 21.8. The average molecular weight is 503 g/mol. The summed E-state index contributed by atoms with van der Waals surface area (Å²) in [6.45, 7) is 9.99. The maximum Gasteiger partial charge on any atom is 0.187 e. The molecule has 0 spiro atoms. The fourth-order valence-electron chi connectivity index (χ4n) is 6.17. The molecular weight excluding hydrogens is 468 g/mol. The van der Waals surface area contributed by atoms with Gasteiger partial charge < -0.3 is 29.3 Å². The smallest absolute Gasteiger partial charge is 0.187 e. The number of anilines is 1. The van der Waals surface area contributed by atoms with Crippen LogP contribution in [0.4, 0.5) is 5.69 Å².